The zero-order valence-electron chi connectivity index (χ0n) is 9.35. The van der Waals surface area contributed by atoms with Crippen molar-refractivity contribution in [1.29, 1.82) is 0 Å². The minimum atomic E-state index is -1.00. The molecule has 0 amide bonds. The normalized spacial score (nSPS) is 42.6. The van der Waals surface area contributed by atoms with E-state index in [1.807, 2.05) is 13.8 Å². The third-order valence-electron chi connectivity index (χ3n) is 3.42. The van der Waals surface area contributed by atoms with Gasteiger partial charge in [-0.1, -0.05) is 0 Å². The predicted octanol–water partition coefficient (Wildman–Crippen LogP) is 1.99. The first-order valence-corrected chi connectivity index (χ1v) is 5.49. The lowest BCUT2D eigenvalue weighted by atomic mass is 9.84. The van der Waals surface area contributed by atoms with E-state index >= 15 is 0 Å². The van der Waals surface area contributed by atoms with Crippen molar-refractivity contribution in [1.82, 2.24) is 4.90 Å². The smallest absolute Gasteiger partial charge is 0.122 e. The third kappa shape index (κ3) is 1.68. The molecule has 0 aromatic rings. The monoisotopic (exact) mass is 201 g/mol. The van der Waals surface area contributed by atoms with Gasteiger partial charge in [0, 0.05) is 25.0 Å². The fraction of sp³-hybridized carbons (Fsp3) is 1.00. The molecule has 0 aromatic heterocycles. The average Bonchev–Trinajstić information content (AvgIpc) is 2.22. The summed E-state index contributed by atoms with van der Waals surface area (Å²) < 4.78 is 19.5. The molecule has 0 bridgehead atoms. The molecule has 0 radical (unpaired) electrons. The van der Waals surface area contributed by atoms with Crippen molar-refractivity contribution in [2.75, 3.05) is 19.7 Å². The Morgan fingerprint density at radius 1 is 1.50 bits per heavy atom. The van der Waals surface area contributed by atoms with Crippen LogP contribution in [0.3, 0.4) is 0 Å². The van der Waals surface area contributed by atoms with Gasteiger partial charge in [0.25, 0.3) is 0 Å². The number of alkyl halides is 1. The summed E-state index contributed by atoms with van der Waals surface area (Å²) in [6, 6.07) is 0. The molecule has 0 saturated carbocycles. The molecule has 0 aliphatic carbocycles. The summed E-state index contributed by atoms with van der Waals surface area (Å²) in [6.07, 6.45) is 1.99. The number of halogens is 1. The third-order valence-corrected chi connectivity index (χ3v) is 3.42. The summed E-state index contributed by atoms with van der Waals surface area (Å²) in [5.41, 5.74) is -0.968. The Hall–Kier alpha value is -0.150. The van der Waals surface area contributed by atoms with Crippen molar-refractivity contribution >= 4 is 0 Å². The number of hydrogen-bond acceptors (Lipinski definition) is 2. The van der Waals surface area contributed by atoms with E-state index in [-0.39, 0.29) is 11.6 Å². The highest BCUT2D eigenvalue weighted by atomic mass is 19.1. The molecule has 2 atom stereocenters. The second-order valence-corrected chi connectivity index (χ2v) is 5.35. The first-order chi connectivity index (χ1) is 6.44. The fourth-order valence-electron chi connectivity index (χ4n) is 2.71. The minimum absolute atomic E-state index is 0.0355. The van der Waals surface area contributed by atoms with Gasteiger partial charge < -0.3 is 4.74 Å². The van der Waals surface area contributed by atoms with Gasteiger partial charge in [0.2, 0.25) is 0 Å². The summed E-state index contributed by atoms with van der Waals surface area (Å²) in [6.45, 7) is 8.11. The SMILES string of the molecule is CC(C)OC[C@@]12CCN1C[C@@](C)(F)C2. The van der Waals surface area contributed by atoms with Crippen LogP contribution in [0.25, 0.3) is 0 Å². The molecule has 0 aromatic carbocycles. The Labute approximate surface area is 85.4 Å². The van der Waals surface area contributed by atoms with Crippen LogP contribution in [0.4, 0.5) is 4.39 Å². The molecule has 2 aliphatic heterocycles. The molecule has 2 aliphatic rings. The maximum Gasteiger partial charge on any atom is 0.122 e. The average molecular weight is 201 g/mol. The van der Waals surface area contributed by atoms with Crippen LogP contribution in [0, 0.1) is 0 Å². The Morgan fingerprint density at radius 2 is 2.21 bits per heavy atom. The maximum atomic E-state index is 13.8. The molecule has 0 N–H and O–H groups in total. The van der Waals surface area contributed by atoms with Crippen molar-refractivity contribution in [3.63, 3.8) is 0 Å². The van der Waals surface area contributed by atoms with Crippen LogP contribution in [0.2, 0.25) is 0 Å². The maximum absolute atomic E-state index is 13.8. The van der Waals surface area contributed by atoms with E-state index in [1.165, 1.54) is 0 Å². The zero-order valence-corrected chi connectivity index (χ0v) is 9.35. The molecule has 0 spiro atoms. The highest BCUT2D eigenvalue weighted by Gasteiger charge is 2.56. The van der Waals surface area contributed by atoms with Gasteiger partial charge in [-0.05, 0) is 27.2 Å². The van der Waals surface area contributed by atoms with Gasteiger partial charge in [-0.3, -0.25) is 4.90 Å². The number of nitrogens with zero attached hydrogens (tertiary/aromatic N) is 1. The van der Waals surface area contributed by atoms with Gasteiger partial charge in [0.1, 0.15) is 5.67 Å². The van der Waals surface area contributed by atoms with Crippen LogP contribution in [0.15, 0.2) is 0 Å². The van der Waals surface area contributed by atoms with Crippen molar-refractivity contribution in [3.8, 4) is 0 Å². The van der Waals surface area contributed by atoms with Gasteiger partial charge in [0.05, 0.1) is 12.7 Å². The molecule has 2 rings (SSSR count). The lowest BCUT2D eigenvalue weighted by Crippen LogP contribution is -2.58. The molecule has 0 unspecified atom stereocenters. The Bertz CT molecular complexity index is 229. The van der Waals surface area contributed by atoms with Gasteiger partial charge in [-0.15, -0.1) is 0 Å². The summed E-state index contributed by atoms with van der Waals surface area (Å²) in [4.78, 5) is 2.25. The standard InChI is InChI=1S/C11H20FNO/c1-9(2)14-8-11-4-5-13(11)7-10(3,12)6-11/h9H,4-8H2,1-3H3/t10-,11-/m0/s1. The number of ether oxygens (including phenoxy) is 1. The molecule has 2 nitrogen and oxygen atoms in total. The largest absolute Gasteiger partial charge is 0.377 e. The van der Waals surface area contributed by atoms with Gasteiger partial charge >= 0.3 is 0 Å². The van der Waals surface area contributed by atoms with E-state index in [1.54, 1.807) is 6.92 Å². The van der Waals surface area contributed by atoms with Crippen molar-refractivity contribution in [3.05, 3.63) is 0 Å². The summed E-state index contributed by atoms with van der Waals surface area (Å²) in [5.74, 6) is 0. The Morgan fingerprint density at radius 3 is 2.64 bits per heavy atom. The summed E-state index contributed by atoms with van der Waals surface area (Å²) in [5, 5.41) is 0. The van der Waals surface area contributed by atoms with Gasteiger partial charge in [0.15, 0.2) is 0 Å². The quantitative estimate of drug-likeness (QED) is 0.692. The number of rotatable bonds is 3. The van der Waals surface area contributed by atoms with E-state index in [0.717, 1.165) is 13.0 Å². The van der Waals surface area contributed by atoms with Crippen LogP contribution in [-0.4, -0.2) is 41.9 Å². The second-order valence-electron chi connectivity index (χ2n) is 5.35. The summed E-state index contributed by atoms with van der Waals surface area (Å²) in [7, 11) is 0. The minimum Gasteiger partial charge on any atom is -0.377 e. The van der Waals surface area contributed by atoms with E-state index in [2.05, 4.69) is 4.90 Å². The van der Waals surface area contributed by atoms with E-state index in [4.69, 9.17) is 4.74 Å². The molecule has 82 valence electrons. The molecule has 2 fully saturated rings. The lowest BCUT2D eigenvalue weighted by molar-refractivity contribution is -0.0648. The first kappa shape index (κ1) is 10.4. The Kier molecular flexibility index (Phi) is 2.35. The van der Waals surface area contributed by atoms with Crippen LogP contribution in [-0.2, 0) is 4.74 Å². The van der Waals surface area contributed by atoms with E-state index < -0.39 is 5.67 Å². The molecular weight excluding hydrogens is 181 g/mol. The molecule has 2 heterocycles. The van der Waals surface area contributed by atoms with E-state index in [9.17, 15) is 4.39 Å². The Balaban J connectivity index is 1.96. The van der Waals surface area contributed by atoms with Crippen molar-refractivity contribution in [2.24, 2.45) is 0 Å². The predicted molar refractivity (Wildman–Crippen MR) is 54.1 cm³/mol. The molecule has 2 saturated heterocycles. The number of fused-ring (bicyclic) bond motifs is 1. The van der Waals surface area contributed by atoms with Crippen LogP contribution >= 0.6 is 0 Å². The molecule has 14 heavy (non-hydrogen) atoms. The highest BCUT2D eigenvalue weighted by Crippen LogP contribution is 2.46. The molecule has 3 heteroatoms. The van der Waals surface area contributed by atoms with Crippen molar-refractivity contribution < 1.29 is 9.13 Å². The topological polar surface area (TPSA) is 12.5 Å². The van der Waals surface area contributed by atoms with Gasteiger partial charge in [-0.25, -0.2) is 4.39 Å². The van der Waals surface area contributed by atoms with Crippen molar-refractivity contribution in [2.45, 2.75) is 50.9 Å². The fourth-order valence-corrected chi connectivity index (χ4v) is 2.71. The summed E-state index contributed by atoms with van der Waals surface area (Å²) >= 11 is 0. The van der Waals surface area contributed by atoms with E-state index in [0.29, 0.717) is 19.6 Å². The first-order valence-electron chi connectivity index (χ1n) is 5.49. The second kappa shape index (κ2) is 3.17. The van der Waals surface area contributed by atoms with Gasteiger partial charge in [-0.2, -0.15) is 0 Å². The molecular formula is C11H20FNO. The number of hydrogen-bond donors (Lipinski definition) is 0. The van der Waals surface area contributed by atoms with Crippen LogP contribution in [0.5, 0.6) is 0 Å². The van der Waals surface area contributed by atoms with Crippen LogP contribution < -0.4 is 0 Å². The highest BCUT2D eigenvalue weighted by molar-refractivity contribution is 5.11. The van der Waals surface area contributed by atoms with Crippen LogP contribution in [0.1, 0.15) is 33.6 Å². The lowest BCUT2D eigenvalue weighted by Gasteiger charge is -2.47. The zero-order chi connectivity index (χ0) is 10.4.